The number of carbonyl (C=O) groups is 1. The molecule has 5 heteroatoms. The number of carboxylic acids is 1. The van der Waals surface area contributed by atoms with Crippen LogP contribution < -0.4 is 15.2 Å². The number of nitrogens with zero attached hydrogens (tertiary/aromatic N) is 1. The third kappa shape index (κ3) is 3.32. The molecule has 2 N–H and O–H groups in total. The summed E-state index contributed by atoms with van der Waals surface area (Å²) in [6.45, 7) is 6.04. The predicted molar refractivity (Wildman–Crippen MR) is 121 cm³/mol. The normalized spacial score (nSPS) is 11.0. The van der Waals surface area contributed by atoms with Crippen molar-refractivity contribution >= 4 is 22.6 Å². The molecule has 0 bridgehead atoms. The Balaban J connectivity index is 2.17. The van der Waals surface area contributed by atoms with E-state index in [4.69, 9.17) is 4.42 Å². The van der Waals surface area contributed by atoms with Gasteiger partial charge in [-0.15, -0.1) is 0 Å². The van der Waals surface area contributed by atoms with E-state index in [2.05, 4.69) is 29.8 Å². The molecule has 0 saturated carbocycles. The zero-order valence-corrected chi connectivity index (χ0v) is 17.4. The summed E-state index contributed by atoms with van der Waals surface area (Å²) >= 11 is 0. The molecule has 0 fully saturated rings. The summed E-state index contributed by atoms with van der Waals surface area (Å²) in [4.78, 5) is 11.9. The van der Waals surface area contributed by atoms with Crippen LogP contribution in [0.2, 0.25) is 0 Å². The minimum absolute atomic E-state index is 0.275. The minimum Gasteiger partial charge on any atom is -0.478 e. The lowest BCUT2D eigenvalue weighted by molar-refractivity contribution is 0.0697. The number of fused-ring (bicyclic) bond motifs is 2. The maximum absolute atomic E-state index is 11.9. The number of rotatable bonds is 5. The number of benzene rings is 3. The molecule has 2 aliphatic rings. The Morgan fingerprint density at radius 3 is 2.47 bits per heavy atom. The van der Waals surface area contributed by atoms with Crippen LogP contribution in [0.3, 0.4) is 0 Å². The van der Waals surface area contributed by atoms with Gasteiger partial charge in [0.1, 0.15) is 24.4 Å². The lowest BCUT2D eigenvalue weighted by Crippen LogP contribution is -2.29. The van der Waals surface area contributed by atoms with Gasteiger partial charge in [-0.2, -0.15) is 0 Å². The van der Waals surface area contributed by atoms with Crippen LogP contribution in [-0.4, -0.2) is 31.2 Å². The molecule has 0 amide bonds. The lowest BCUT2D eigenvalue weighted by Gasteiger charge is -2.17. The first-order chi connectivity index (χ1) is 14.6. The number of nitrogens with one attached hydrogen (secondary N) is 1. The van der Waals surface area contributed by atoms with Gasteiger partial charge in [0.15, 0.2) is 0 Å². The Hall–Kier alpha value is -3.60. The molecule has 0 unspecified atom stereocenters. The Bertz CT molecular complexity index is 1280. The van der Waals surface area contributed by atoms with Gasteiger partial charge in [0.05, 0.1) is 11.6 Å². The van der Waals surface area contributed by atoms with Crippen molar-refractivity contribution in [3.8, 4) is 22.5 Å². The molecule has 5 nitrogen and oxygen atoms in total. The molecule has 152 valence electrons. The van der Waals surface area contributed by atoms with Crippen molar-refractivity contribution in [1.29, 1.82) is 0 Å². The van der Waals surface area contributed by atoms with Crippen LogP contribution in [0.1, 0.15) is 24.2 Å². The second kappa shape index (κ2) is 8.03. The lowest BCUT2D eigenvalue weighted by atomic mass is 9.90. The molecule has 0 radical (unpaired) electrons. The number of aromatic carboxylic acids is 1. The van der Waals surface area contributed by atoms with Crippen molar-refractivity contribution in [2.24, 2.45) is 0 Å². The molecule has 30 heavy (non-hydrogen) atoms. The number of carboxylic acid groups (broad SMARTS) is 1. The molecule has 2 aromatic carbocycles. The molecular formula is C25H25N2O3+. The number of hydrogen-bond donors (Lipinski definition) is 2. The van der Waals surface area contributed by atoms with Crippen LogP contribution in [0, 0.1) is 0 Å². The van der Waals surface area contributed by atoms with Crippen molar-refractivity contribution < 1.29 is 14.3 Å². The van der Waals surface area contributed by atoms with Crippen LogP contribution in [-0.2, 0) is 0 Å². The summed E-state index contributed by atoms with van der Waals surface area (Å²) in [6.07, 6.45) is 0. The van der Waals surface area contributed by atoms with Crippen LogP contribution in [0.25, 0.3) is 33.4 Å². The maximum atomic E-state index is 11.9. The van der Waals surface area contributed by atoms with Crippen LogP contribution >= 0.6 is 0 Å². The first kappa shape index (κ1) is 19.7. The Kier molecular flexibility index (Phi) is 5.27. The summed E-state index contributed by atoms with van der Waals surface area (Å²) in [5, 5.41) is 14.9. The van der Waals surface area contributed by atoms with Crippen molar-refractivity contribution in [1.82, 2.24) is 4.58 Å². The Labute approximate surface area is 175 Å². The third-order valence-corrected chi connectivity index (χ3v) is 5.55. The van der Waals surface area contributed by atoms with Gasteiger partial charge in [0, 0.05) is 41.4 Å². The quantitative estimate of drug-likeness (QED) is 0.374. The minimum atomic E-state index is -0.945. The summed E-state index contributed by atoms with van der Waals surface area (Å²) in [7, 11) is 1.86. The van der Waals surface area contributed by atoms with Gasteiger partial charge in [0.25, 0.3) is 0 Å². The molecular weight excluding hydrogens is 376 g/mol. The number of anilines is 1. The highest BCUT2D eigenvalue weighted by molar-refractivity contribution is 6.07. The van der Waals surface area contributed by atoms with Crippen molar-refractivity contribution in [3.05, 3.63) is 71.6 Å². The molecule has 1 aliphatic carbocycles. The zero-order valence-electron chi connectivity index (χ0n) is 17.4. The highest BCUT2D eigenvalue weighted by Gasteiger charge is 2.22. The molecule has 0 aromatic heterocycles. The molecule has 2 aromatic rings. The highest BCUT2D eigenvalue weighted by atomic mass is 16.4. The van der Waals surface area contributed by atoms with E-state index in [1.807, 2.05) is 49.5 Å². The van der Waals surface area contributed by atoms with E-state index in [1.54, 1.807) is 12.1 Å². The standard InChI is InChI=1S/C25H24N2O3/c1-4-27(5-2)17-11-13-21-23(15-17)30-22-14-16(26-3)10-12-20(22)24(21)18-8-6-7-9-19(18)25(28)29/h6-15H,4-5H2,1-3H3,(H,28,29)/p+1. The molecule has 0 spiro atoms. The summed E-state index contributed by atoms with van der Waals surface area (Å²) in [5.74, 6) is -0.213. The van der Waals surface area contributed by atoms with E-state index in [1.165, 1.54) is 0 Å². The van der Waals surface area contributed by atoms with Crippen molar-refractivity contribution in [2.75, 3.05) is 25.5 Å². The van der Waals surface area contributed by atoms with Crippen molar-refractivity contribution in [2.45, 2.75) is 13.8 Å². The van der Waals surface area contributed by atoms with Gasteiger partial charge < -0.3 is 14.8 Å². The highest BCUT2D eigenvalue weighted by Crippen LogP contribution is 2.41. The van der Waals surface area contributed by atoms with Crippen LogP contribution in [0.15, 0.2) is 65.1 Å². The summed E-state index contributed by atoms with van der Waals surface area (Å²) in [5.41, 5.74) is 4.37. The molecule has 4 rings (SSSR count). The van der Waals surface area contributed by atoms with Crippen molar-refractivity contribution in [3.63, 3.8) is 0 Å². The molecule has 0 saturated heterocycles. The van der Waals surface area contributed by atoms with E-state index in [0.717, 1.165) is 46.4 Å². The maximum Gasteiger partial charge on any atom is 0.336 e. The SMILES string of the molecule is CC[N+](CC)=c1ccc2c(-c3ccccc3C(=O)O)c3ccc(NC)cc3oc-2c1. The molecule has 1 aliphatic heterocycles. The molecule has 0 atom stereocenters. The fourth-order valence-electron chi connectivity index (χ4n) is 4.00. The smallest absolute Gasteiger partial charge is 0.336 e. The van der Waals surface area contributed by atoms with Gasteiger partial charge >= 0.3 is 5.97 Å². The third-order valence-electron chi connectivity index (χ3n) is 5.55. The van der Waals surface area contributed by atoms with E-state index in [9.17, 15) is 9.90 Å². The Morgan fingerprint density at radius 1 is 1.00 bits per heavy atom. The van der Waals surface area contributed by atoms with E-state index >= 15 is 0 Å². The summed E-state index contributed by atoms with van der Waals surface area (Å²) in [6, 6.07) is 19.2. The van der Waals surface area contributed by atoms with E-state index < -0.39 is 5.97 Å². The fraction of sp³-hybridized carbons (Fsp3) is 0.200. The van der Waals surface area contributed by atoms with Gasteiger partial charge in [-0.05, 0) is 43.7 Å². The van der Waals surface area contributed by atoms with Gasteiger partial charge in [-0.1, -0.05) is 18.2 Å². The second-order valence-corrected chi connectivity index (χ2v) is 7.14. The molecule has 1 heterocycles. The topological polar surface area (TPSA) is 65.5 Å². The average Bonchev–Trinajstić information content (AvgIpc) is 2.77. The zero-order chi connectivity index (χ0) is 21.3. The monoisotopic (exact) mass is 401 g/mol. The predicted octanol–water partition coefficient (Wildman–Crippen LogP) is 4.76. The number of hydrogen-bond acceptors (Lipinski definition) is 3. The van der Waals surface area contributed by atoms with Gasteiger partial charge in [-0.3, -0.25) is 0 Å². The van der Waals surface area contributed by atoms with E-state index in [-0.39, 0.29) is 5.56 Å². The Morgan fingerprint density at radius 2 is 1.77 bits per heavy atom. The van der Waals surface area contributed by atoms with Crippen LogP contribution in [0.5, 0.6) is 0 Å². The first-order valence-electron chi connectivity index (χ1n) is 10.2. The van der Waals surface area contributed by atoms with Crippen LogP contribution in [0.4, 0.5) is 5.69 Å². The van der Waals surface area contributed by atoms with E-state index in [0.29, 0.717) is 11.1 Å². The van der Waals surface area contributed by atoms with Gasteiger partial charge in [0.2, 0.25) is 5.36 Å². The second-order valence-electron chi connectivity index (χ2n) is 7.14. The average molecular weight is 401 g/mol. The summed E-state index contributed by atoms with van der Waals surface area (Å²) < 4.78 is 8.57. The first-order valence-corrected chi connectivity index (χ1v) is 10.2. The largest absolute Gasteiger partial charge is 0.478 e. The van der Waals surface area contributed by atoms with Gasteiger partial charge in [-0.25, -0.2) is 9.37 Å². The fourth-order valence-corrected chi connectivity index (χ4v) is 4.00.